The van der Waals surface area contributed by atoms with Crippen molar-refractivity contribution in [2.24, 2.45) is 0 Å². The van der Waals surface area contributed by atoms with Crippen molar-refractivity contribution in [2.75, 3.05) is 4.31 Å². The summed E-state index contributed by atoms with van der Waals surface area (Å²) in [5.74, 6) is -0.415. The van der Waals surface area contributed by atoms with Crippen LogP contribution in [0.25, 0.3) is 0 Å². The van der Waals surface area contributed by atoms with Gasteiger partial charge in [-0.3, -0.25) is 4.55 Å². The highest BCUT2D eigenvalue weighted by molar-refractivity contribution is 7.81. The summed E-state index contributed by atoms with van der Waals surface area (Å²) in [6, 6.07) is 11.9. The van der Waals surface area contributed by atoms with Gasteiger partial charge in [-0.05, 0) is 36.4 Å². The molecule has 2 rings (SSSR count). The molecule has 0 heterocycles. The van der Waals surface area contributed by atoms with E-state index in [1.165, 1.54) is 24.3 Å². The van der Waals surface area contributed by atoms with Crippen molar-refractivity contribution in [3.63, 3.8) is 0 Å². The molecule has 0 fully saturated rings. The number of benzene rings is 2. The summed E-state index contributed by atoms with van der Waals surface area (Å²) in [7, 11) is 0. The van der Waals surface area contributed by atoms with Gasteiger partial charge in [0.15, 0.2) is 0 Å². The third kappa shape index (κ3) is 2.69. The molecule has 0 aromatic heterocycles. The van der Waals surface area contributed by atoms with E-state index in [1.54, 1.807) is 24.3 Å². The highest BCUT2D eigenvalue weighted by Crippen LogP contribution is 2.32. The number of nitrogens with zero attached hydrogens (tertiary/aromatic N) is 1. The van der Waals surface area contributed by atoms with Crippen molar-refractivity contribution < 1.29 is 13.2 Å². The van der Waals surface area contributed by atoms with E-state index < -0.39 is 17.1 Å². The van der Waals surface area contributed by atoms with Crippen molar-refractivity contribution in [2.45, 2.75) is 0 Å². The predicted octanol–water partition coefficient (Wildman–Crippen LogP) is 3.75. The first-order chi connectivity index (χ1) is 8.59. The summed E-state index contributed by atoms with van der Waals surface area (Å²) in [6.07, 6.45) is 0. The van der Waals surface area contributed by atoms with Gasteiger partial charge in [-0.15, -0.1) is 0 Å². The molecule has 0 saturated carbocycles. The molecule has 0 aliphatic rings. The Morgan fingerprint density at radius 1 is 1.11 bits per heavy atom. The summed E-state index contributed by atoms with van der Waals surface area (Å²) < 4.78 is 34.7. The van der Waals surface area contributed by atoms with Crippen molar-refractivity contribution in [1.82, 2.24) is 0 Å². The minimum absolute atomic E-state index is 0.337. The lowest BCUT2D eigenvalue weighted by atomic mass is 10.2. The Morgan fingerprint density at radius 3 is 2.28 bits per heavy atom. The maximum absolute atomic E-state index is 12.8. The van der Waals surface area contributed by atoms with E-state index in [1.807, 2.05) is 0 Å². The van der Waals surface area contributed by atoms with Crippen LogP contribution in [0.15, 0.2) is 48.5 Å². The molecular formula is C12H9ClFNO2S. The van der Waals surface area contributed by atoms with Crippen LogP contribution in [0.4, 0.5) is 15.8 Å². The van der Waals surface area contributed by atoms with Gasteiger partial charge < -0.3 is 0 Å². The fourth-order valence-electron chi connectivity index (χ4n) is 1.51. The summed E-state index contributed by atoms with van der Waals surface area (Å²) in [5, 5.41) is 0.337. The zero-order chi connectivity index (χ0) is 13.1. The van der Waals surface area contributed by atoms with Crippen LogP contribution in [0.1, 0.15) is 0 Å². The Balaban J connectivity index is 2.50. The molecule has 0 aliphatic carbocycles. The molecule has 6 heteroatoms. The summed E-state index contributed by atoms with van der Waals surface area (Å²) in [4.78, 5) is 0. The predicted molar refractivity (Wildman–Crippen MR) is 70.8 cm³/mol. The lowest BCUT2D eigenvalue weighted by molar-refractivity contribution is 0.564. The lowest BCUT2D eigenvalue weighted by Crippen LogP contribution is -2.19. The topological polar surface area (TPSA) is 40.5 Å². The van der Waals surface area contributed by atoms with E-state index in [0.29, 0.717) is 16.4 Å². The molecule has 1 N–H and O–H groups in total. The molecule has 2 aromatic rings. The Kier molecular flexibility index (Phi) is 3.96. The van der Waals surface area contributed by atoms with Crippen LogP contribution in [0.2, 0.25) is 5.02 Å². The van der Waals surface area contributed by atoms with E-state index in [0.717, 1.165) is 4.31 Å². The first kappa shape index (κ1) is 13.0. The highest BCUT2D eigenvalue weighted by atomic mass is 35.5. The average molecular weight is 286 g/mol. The first-order valence-electron chi connectivity index (χ1n) is 5.01. The quantitative estimate of drug-likeness (QED) is 0.873. The van der Waals surface area contributed by atoms with Gasteiger partial charge in [-0.1, -0.05) is 23.7 Å². The van der Waals surface area contributed by atoms with Gasteiger partial charge in [0.25, 0.3) is 11.3 Å². The van der Waals surface area contributed by atoms with E-state index in [4.69, 9.17) is 11.6 Å². The third-order valence-corrected chi connectivity index (χ3v) is 3.33. The van der Waals surface area contributed by atoms with Crippen molar-refractivity contribution in [1.29, 1.82) is 0 Å². The molecule has 94 valence electrons. The summed E-state index contributed by atoms with van der Waals surface area (Å²) in [5.41, 5.74) is 0.761. The molecule has 3 nitrogen and oxygen atoms in total. The van der Waals surface area contributed by atoms with Gasteiger partial charge in [-0.2, -0.15) is 0 Å². The van der Waals surface area contributed by atoms with Crippen LogP contribution in [0.5, 0.6) is 0 Å². The normalized spacial score (nSPS) is 12.2. The molecule has 18 heavy (non-hydrogen) atoms. The van der Waals surface area contributed by atoms with Gasteiger partial charge in [0.2, 0.25) is 0 Å². The molecule has 1 atom stereocenters. The van der Waals surface area contributed by atoms with Crippen LogP contribution < -0.4 is 4.31 Å². The molecule has 0 amide bonds. The van der Waals surface area contributed by atoms with E-state index in [2.05, 4.69) is 0 Å². The standard InChI is InChI=1S/C12H9ClFNO2S/c13-11-3-1-2-4-12(11)15(18(16)17)10-7-5-9(14)6-8-10/h1-8H,(H,16,17). The zero-order valence-electron chi connectivity index (χ0n) is 9.09. The van der Waals surface area contributed by atoms with Gasteiger partial charge in [0, 0.05) is 0 Å². The van der Waals surface area contributed by atoms with Crippen LogP contribution >= 0.6 is 11.6 Å². The summed E-state index contributed by atoms with van der Waals surface area (Å²) >= 11 is 3.69. The zero-order valence-corrected chi connectivity index (χ0v) is 10.7. The fraction of sp³-hybridized carbons (Fsp3) is 0. The van der Waals surface area contributed by atoms with Crippen molar-refractivity contribution >= 4 is 34.2 Å². The van der Waals surface area contributed by atoms with Crippen LogP contribution in [-0.4, -0.2) is 8.76 Å². The Morgan fingerprint density at radius 2 is 1.72 bits per heavy atom. The Bertz CT molecular complexity index is 577. The van der Waals surface area contributed by atoms with Gasteiger partial charge >= 0.3 is 0 Å². The first-order valence-corrected chi connectivity index (χ1v) is 6.45. The summed E-state index contributed by atoms with van der Waals surface area (Å²) in [6.45, 7) is 0. The molecule has 0 radical (unpaired) electrons. The number of hydrogen-bond donors (Lipinski definition) is 1. The average Bonchev–Trinajstić information content (AvgIpc) is 2.34. The Hall–Kier alpha value is -1.43. The van der Waals surface area contributed by atoms with Crippen LogP contribution in [0, 0.1) is 5.82 Å². The molecule has 0 spiro atoms. The number of halogens is 2. The molecule has 2 aromatic carbocycles. The van der Waals surface area contributed by atoms with Gasteiger partial charge in [0.1, 0.15) is 5.82 Å². The monoisotopic (exact) mass is 285 g/mol. The van der Waals surface area contributed by atoms with Gasteiger partial charge in [0.05, 0.1) is 16.4 Å². The molecule has 1 unspecified atom stereocenters. The second kappa shape index (κ2) is 5.48. The Labute approximate surface area is 111 Å². The van der Waals surface area contributed by atoms with E-state index in [9.17, 15) is 13.2 Å². The molecule has 0 aliphatic heterocycles. The highest BCUT2D eigenvalue weighted by Gasteiger charge is 2.17. The van der Waals surface area contributed by atoms with Crippen LogP contribution in [0.3, 0.4) is 0 Å². The smallest absolute Gasteiger partial charge is 0.266 e. The second-order valence-electron chi connectivity index (χ2n) is 3.45. The number of hydrogen-bond acceptors (Lipinski definition) is 1. The van der Waals surface area contributed by atoms with Gasteiger partial charge in [-0.25, -0.2) is 12.9 Å². The maximum Gasteiger partial charge on any atom is 0.266 e. The fourth-order valence-corrected chi connectivity index (χ4v) is 2.41. The minimum atomic E-state index is -2.30. The SMILES string of the molecule is O=S(O)N(c1ccc(F)cc1)c1ccccc1Cl. The van der Waals surface area contributed by atoms with Crippen molar-refractivity contribution in [3.05, 3.63) is 59.4 Å². The van der Waals surface area contributed by atoms with Crippen molar-refractivity contribution in [3.8, 4) is 0 Å². The number of para-hydroxylation sites is 1. The minimum Gasteiger partial charge on any atom is -0.289 e. The second-order valence-corrected chi connectivity index (χ2v) is 4.69. The van der Waals surface area contributed by atoms with Crippen LogP contribution in [-0.2, 0) is 11.3 Å². The molecule has 0 bridgehead atoms. The number of anilines is 2. The lowest BCUT2D eigenvalue weighted by Gasteiger charge is -2.20. The van der Waals surface area contributed by atoms with E-state index in [-0.39, 0.29) is 0 Å². The third-order valence-electron chi connectivity index (χ3n) is 2.29. The number of rotatable bonds is 3. The largest absolute Gasteiger partial charge is 0.289 e. The van der Waals surface area contributed by atoms with E-state index >= 15 is 0 Å². The molecule has 0 saturated heterocycles. The maximum atomic E-state index is 12.8. The molecular weight excluding hydrogens is 277 g/mol.